The first-order valence-corrected chi connectivity index (χ1v) is 8.46. The van der Waals surface area contributed by atoms with Gasteiger partial charge in [0.15, 0.2) is 11.7 Å². The fraction of sp³-hybridized carbons (Fsp3) is 0.222. The van der Waals surface area contributed by atoms with Crippen LogP contribution in [0, 0.1) is 20.8 Å². The number of ether oxygens (including phenoxy) is 1. The molecule has 1 amide bonds. The molecule has 2 aromatic rings. The summed E-state index contributed by atoms with van der Waals surface area (Å²) in [4.78, 5) is 11.9. The number of hydrogen-bond acceptors (Lipinski definition) is 3. The predicted molar refractivity (Wildman–Crippen MR) is 105 cm³/mol. The molecule has 0 bridgehead atoms. The number of hydrogen-bond donors (Lipinski definition) is 3. The number of amides is 1. The van der Waals surface area contributed by atoms with Crippen LogP contribution < -0.4 is 20.9 Å². The molecule has 0 unspecified atom stereocenters. The Morgan fingerprint density at radius 3 is 2.28 bits per heavy atom. The molecule has 0 aliphatic rings. The molecular formula is C18H20ClN3O2S. The van der Waals surface area contributed by atoms with Crippen LogP contribution in [0.25, 0.3) is 0 Å². The minimum atomic E-state index is -0.334. The van der Waals surface area contributed by atoms with Crippen molar-refractivity contribution in [1.82, 2.24) is 10.9 Å². The Balaban J connectivity index is 1.79. The standard InChI is InChI=1S/C18H20ClN3O2S/c1-11-8-12(2)17(13(3)9-11)24-10-16(23)21-22-18(25)20-15-6-4-14(19)5-7-15/h4-9H,10H2,1-3H3,(H,21,23)(H2,20,22,25). The summed E-state index contributed by atoms with van der Waals surface area (Å²) < 4.78 is 5.62. The van der Waals surface area contributed by atoms with Gasteiger partial charge in [0.25, 0.3) is 5.91 Å². The summed E-state index contributed by atoms with van der Waals surface area (Å²) in [6.45, 7) is 5.82. The molecular weight excluding hydrogens is 358 g/mol. The van der Waals surface area contributed by atoms with Gasteiger partial charge in [-0.05, 0) is 68.4 Å². The molecule has 0 aliphatic carbocycles. The second-order valence-electron chi connectivity index (χ2n) is 5.65. The average molecular weight is 378 g/mol. The molecule has 25 heavy (non-hydrogen) atoms. The third kappa shape index (κ3) is 5.92. The zero-order valence-electron chi connectivity index (χ0n) is 14.3. The molecule has 2 rings (SSSR count). The lowest BCUT2D eigenvalue weighted by atomic mass is 10.1. The fourth-order valence-corrected chi connectivity index (χ4v) is 2.69. The van der Waals surface area contributed by atoms with Crippen LogP contribution in [0.1, 0.15) is 16.7 Å². The van der Waals surface area contributed by atoms with E-state index in [1.807, 2.05) is 32.9 Å². The van der Waals surface area contributed by atoms with Gasteiger partial charge in [0.2, 0.25) is 0 Å². The van der Waals surface area contributed by atoms with Crippen LogP contribution in [0.5, 0.6) is 5.75 Å². The maximum atomic E-state index is 11.9. The van der Waals surface area contributed by atoms with Crippen LogP contribution in [0.15, 0.2) is 36.4 Å². The third-order valence-electron chi connectivity index (χ3n) is 3.37. The number of rotatable bonds is 4. The van der Waals surface area contributed by atoms with Gasteiger partial charge in [-0.1, -0.05) is 29.3 Å². The average Bonchev–Trinajstić information content (AvgIpc) is 2.54. The third-order valence-corrected chi connectivity index (χ3v) is 3.83. The van der Waals surface area contributed by atoms with Crippen molar-refractivity contribution < 1.29 is 9.53 Å². The number of anilines is 1. The molecule has 132 valence electrons. The molecule has 0 aromatic heterocycles. The summed E-state index contributed by atoms with van der Waals surface area (Å²) in [5.74, 6) is 0.391. The highest BCUT2D eigenvalue weighted by Gasteiger charge is 2.08. The molecule has 5 nitrogen and oxygen atoms in total. The highest BCUT2D eigenvalue weighted by Crippen LogP contribution is 2.24. The smallest absolute Gasteiger partial charge is 0.276 e. The van der Waals surface area contributed by atoms with E-state index in [2.05, 4.69) is 16.2 Å². The molecule has 2 aromatic carbocycles. The molecule has 0 saturated carbocycles. The van der Waals surface area contributed by atoms with Crippen molar-refractivity contribution in [3.8, 4) is 5.75 Å². The normalized spacial score (nSPS) is 10.1. The first kappa shape index (κ1) is 19.0. The number of nitrogens with one attached hydrogen (secondary N) is 3. The van der Waals surface area contributed by atoms with Gasteiger partial charge in [0.1, 0.15) is 5.75 Å². The Hall–Kier alpha value is -2.31. The Morgan fingerprint density at radius 1 is 1.08 bits per heavy atom. The first-order chi connectivity index (χ1) is 11.8. The summed E-state index contributed by atoms with van der Waals surface area (Å²) >= 11 is 10.9. The summed E-state index contributed by atoms with van der Waals surface area (Å²) in [6, 6.07) is 11.1. The zero-order chi connectivity index (χ0) is 18.4. The Kier molecular flexibility index (Phi) is 6.61. The number of benzene rings is 2. The molecule has 0 atom stereocenters. The van der Waals surface area contributed by atoms with Crippen LogP contribution in [0.2, 0.25) is 5.02 Å². The van der Waals surface area contributed by atoms with Crippen LogP contribution in [0.4, 0.5) is 5.69 Å². The lowest BCUT2D eigenvalue weighted by Crippen LogP contribution is -2.45. The number of carbonyl (C=O) groups is 1. The molecule has 7 heteroatoms. The monoisotopic (exact) mass is 377 g/mol. The van der Waals surface area contributed by atoms with E-state index in [0.29, 0.717) is 5.02 Å². The van der Waals surface area contributed by atoms with Crippen LogP contribution in [-0.4, -0.2) is 17.6 Å². The van der Waals surface area contributed by atoms with Gasteiger partial charge in [0, 0.05) is 10.7 Å². The topological polar surface area (TPSA) is 62.4 Å². The van der Waals surface area contributed by atoms with Crippen molar-refractivity contribution in [1.29, 1.82) is 0 Å². The maximum Gasteiger partial charge on any atom is 0.276 e. The van der Waals surface area contributed by atoms with Gasteiger partial charge in [0.05, 0.1) is 0 Å². The number of aryl methyl sites for hydroxylation is 3. The first-order valence-electron chi connectivity index (χ1n) is 7.67. The van der Waals surface area contributed by atoms with E-state index in [0.717, 1.165) is 28.1 Å². The van der Waals surface area contributed by atoms with Crippen molar-refractivity contribution in [3.05, 3.63) is 58.1 Å². The largest absolute Gasteiger partial charge is 0.483 e. The highest BCUT2D eigenvalue weighted by molar-refractivity contribution is 7.80. The van der Waals surface area contributed by atoms with Gasteiger partial charge in [-0.2, -0.15) is 0 Å². The quantitative estimate of drug-likeness (QED) is 0.560. The number of hydrazine groups is 1. The second-order valence-corrected chi connectivity index (χ2v) is 6.50. The minimum Gasteiger partial charge on any atom is -0.483 e. The number of carbonyl (C=O) groups excluding carboxylic acids is 1. The van der Waals surface area contributed by atoms with Crippen LogP contribution in [-0.2, 0) is 4.79 Å². The molecule has 0 radical (unpaired) electrons. The molecule has 0 heterocycles. The van der Waals surface area contributed by atoms with E-state index in [-0.39, 0.29) is 17.6 Å². The van der Waals surface area contributed by atoms with Crippen molar-refractivity contribution in [2.45, 2.75) is 20.8 Å². The van der Waals surface area contributed by atoms with Crippen LogP contribution >= 0.6 is 23.8 Å². The maximum absolute atomic E-state index is 11.9. The Morgan fingerprint density at radius 2 is 1.68 bits per heavy atom. The highest BCUT2D eigenvalue weighted by atomic mass is 35.5. The van der Waals surface area contributed by atoms with Crippen molar-refractivity contribution >= 4 is 40.5 Å². The minimum absolute atomic E-state index is 0.110. The molecule has 0 aliphatic heterocycles. The summed E-state index contributed by atoms with van der Waals surface area (Å²) in [7, 11) is 0. The lowest BCUT2D eigenvalue weighted by molar-refractivity contribution is -0.123. The van der Waals surface area contributed by atoms with Crippen molar-refractivity contribution in [3.63, 3.8) is 0 Å². The van der Waals surface area contributed by atoms with E-state index in [4.69, 9.17) is 28.6 Å². The van der Waals surface area contributed by atoms with Crippen molar-refractivity contribution in [2.75, 3.05) is 11.9 Å². The molecule has 0 spiro atoms. The summed E-state index contributed by atoms with van der Waals surface area (Å²) in [6.07, 6.45) is 0. The van der Waals surface area contributed by atoms with E-state index >= 15 is 0 Å². The fourth-order valence-electron chi connectivity index (χ4n) is 2.39. The summed E-state index contributed by atoms with van der Waals surface area (Å²) in [5, 5.41) is 3.83. The summed E-state index contributed by atoms with van der Waals surface area (Å²) in [5.41, 5.74) is 9.04. The van der Waals surface area contributed by atoms with Gasteiger partial charge in [-0.25, -0.2) is 0 Å². The van der Waals surface area contributed by atoms with Gasteiger partial charge >= 0.3 is 0 Å². The number of thiocarbonyl (C=S) groups is 1. The van der Waals surface area contributed by atoms with E-state index in [9.17, 15) is 4.79 Å². The molecule has 0 fully saturated rings. The Bertz CT molecular complexity index is 755. The van der Waals surface area contributed by atoms with Gasteiger partial charge in [-0.15, -0.1) is 0 Å². The van der Waals surface area contributed by atoms with Gasteiger partial charge in [-0.3, -0.25) is 15.6 Å². The van der Waals surface area contributed by atoms with E-state index in [1.54, 1.807) is 24.3 Å². The second kappa shape index (κ2) is 8.69. The zero-order valence-corrected chi connectivity index (χ0v) is 15.8. The van der Waals surface area contributed by atoms with E-state index < -0.39 is 0 Å². The van der Waals surface area contributed by atoms with Gasteiger partial charge < -0.3 is 10.1 Å². The lowest BCUT2D eigenvalue weighted by Gasteiger charge is -2.14. The van der Waals surface area contributed by atoms with Crippen molar-refractivity contribution in [2.24, 2.45) is 0 Å². The Labute approximate surface area is 157 Å². The van der Waals surface area contributed by atoms with E-state index in [1.165, 1.54) is 0 Å². The van der Waals surface area contributed by atoms with Crippen LogP contribution in [0.3, 0.4) is 0 Å². The molecule has 0 saturated heterocycles. The number of halogens is 1. The molecule has 3 N–H and O–H groups in total. The predicted octanol–water partition coefficient (Wildman–Crippen LogP) is 3.66. The SMILES string of the molecule is Cc1cc(C)c(OCC(=O)NNC(=S)Nc2ccc(Cl)cc2)c(C)c1.